The lowest BCUT2D eigenvalue weighted by molar-refractivity contribution is 0.0667. The number of carbonyl (C=O) groups is 1. The number of benzene rings is 1. The lowest BCUT2D eigenvalue weighted by atomic mass is 9.98. The highest BCUT2D eigenvalue weighted by atomic mass is 16.2. The topological polar surface area (TPSA) is 65.1 Å². The van der Waals surface area contributed by atoms with Crippen LogP contribution in [0.25, 0.3) is 10.9 Å². The Labute approximate surface area is 158 Å². The van der Waals surface area contributed by atoms with Gasteiger partial charge < -0.3 is 14.8 Å². The first-order valence-electron chi connectivity index (χ1n) is 9.71. The Morgan fingerprint density at radius 1 is 1.07 bits per heavy atom. The minimum Gasteiger partial charge on any atom is -0.356 e. The van der Waals surface area contributed by atoms with Crippen LogP contribution < -0.4 is 4.90 Å². The summed E-state index contributed by atoms with van der Waals surface area (Å²) in [5.74, 6) is 0.820. The highest BCUT2D eigenvalue weighted by Gasteiger charge is 2.31. The van der Waals surface area contributed by atoms with Gasteiger partial charge in [-0.25, -0.2) is 0 Å². The molecule has 1 saturated heterocycles. The van der Waals surface area contributed by atoms with Crippen LogP contribution in [0.1, 0.15) is 47.6 Å². The summed E-state index contributed by atoms with van der Waals surface area (Å²) in [6, 6.07) is 12.1. The van der Waals surface area contributed by atoms with Gasteiger partial charge in [0.2, 0.25) is 0 Å². The van der Waals surface area contributed by atoms with E-state index in [0.29, 0.717) is 12.2 Å². The molecule has 5 rings (SSSR count). The fourth-order valence-corrected chi connectivity index (χ4v) is 4.41. The minimum absolute atomic E-state index is 0.00583. The molecule has 1 aromatic carbocycles. The number of para-hydroxylation sites is 1. The van der Waals surface area contributed by atoms with Gasteiger partial charge in [-0.3, -0.25) is 4.79 Å². The summed E-state index contributed by atoms with van der Waals surface area (Å²) in [6.45, 7) is 4.82. The van der Waals surface area contributed by atoms with Gasteiger partial charge in [0.05, 0.1) is 6.04 Å². The molecule has 0 saturated carbocycles. The van der Waals surface area contributed by atoms with Crippen molar-refractivity contribution in [3.05, 3.63) is 53.3 Å². The molecule has 2 aliphatic heterocycles. The smallest absolute Gasteiger partial charge is 0.274 e. The predicted octanol–water partition coefficient (Wildman–Crippen LogP) is 3.32. The van der Waals surface area contributed by atoms with Gasteiger partial charge >= 0.3 is 0 Å². The fraction of sp³-hybridized carbons (Fsp3) is 0.381. The van der Waals surface area contributed by atoms with Gasteiger partial charge in [-0.05, 0) is 49.9 Å². The molecule has 2 aliphatic rings. The molecule has 1 N–H and O–H groups in total. The van der Waals surface area contributed by atoms with Crippen LogP contribution in [0.2, 0.25) is 0 Å². The van der Waals surface area contributed by atoms with Crippen molar-refractivity contribution < 1.29 is 4.79 Å². The molecule has 27 heavy (non-hydrogen) atoms. The molecule has 6 heteroatoms. The Morgan fingerprint density at radius 2 is 1.89 bits per heavy atom. The average molecular weight is 361 g/mol. The molecule has 3 aromatic rings. The summed E-state index contributed by atoms with van der Waals surface area (Å²) in [4.78, 5) is 20.7. The maximum Gasteiger partial charge on any atom is 0.274 e. The molecular weight excluding hydrogens is 338 g/mol. The molecule has 1 amide bonds. The Kier molecular flexibility index (Phi) is 3.85. The van der Waals surface area contributed by atoms with E-state index in [1.165, 1.54) is 23.8 Å². The predicted molar refractivity (Wildman–Crippen MR) is 105 cm³/mol. The van der Waals surface area contributed by atoms with E-state index in [1.807, 2.05) is 23.1 Å². The molecule has 0 unspecified atom stereocenters. The molecule has 138 valence electrons. The summed E-state index contributed by atoms with van der Waals surface area (Å²) in [7, 11) is 0. The van der Waals surface area contributed by atoms with Gasteiger partial charge in [0.25, 0.3) is 5.91 Å². The molecule has 0 bridgehead atoms. The van der Waals surface area contributed by atoms with E-state index in [9.17, 15) is 4.79 Å². The number of hydrogen-bond acceptors (Lipinski definition) is 4. The molecule has 2 aromatic heterocycles. The second-order valence-corrected chi connectivity index (χ2v) is 7.46. The highest BCUT2D eigenvalue weighted by molar-refractivity contribution is 5.93. The number of nitrogens with zero attached hydrogens (tertiary/aromatic N) is 4. The van der Waals surface area contributed by atoms with Gasteiger partial charge in [0.1, 0.15) is 0 Å². The third kappa shape index (κ3) is 2.67. The summed E-state index contributed by atoms with van der Waals surface area (Å²) in [5.41, 5.74) is 4.03. The largest absolute Gasteiger partial charge is 0.356 e. The Balaban J connectivity index is 1.40. The van der Waals surface area contributed by atoms with Crippen LogP contribution in [0.15, 0.2) is 36.4 Å². The van der Waals surface area contributed by atoms with Crippen LogP contribution in [0.5, 0.6) is 0 Å². The van der Waals surface area contributed by atoms with Crippen LogP contribution in [-0.2, 0) is 6.42 Å². The van der Waals surface area contributed by atoms with Gasteiger partial charge in [-0.1, -0.05) is 18.2 Å². The third-order valence-electron chi connectivity index (χ3n) is 5.90. The molecule has 0 radical (unpaired) electrons. The average Bonchev–Trinajstić information content (AvgIpc) is 3.36. The zero-order chi connectivity index (χ0) is 18.4. The van der Waals surface area contributed by atoms with Gasteiger partial charge in [-0.15, -0.1) is 10.2 Å². The monoisotopic (exact) mass is 361 g/mol. The first-order chi connectivity index (χ1) is 13.2. The second kappa shape index (κ2) is 6.37. The van der Waals surface area contributed by atoms with E-state index in [0.717, 1.165) is 36.5 Å². The first-order valence-corrected chi connectivity index (χ1v) is 9.71. The van der Waals surface area contributed by atoms with Gasteiger partial charge in [0, 0.05) is 36.2 Å². The number of carbonyl (C=O) groups excluding carboxylic acids is 1. The van der Waals surface area contributed by atoms with E-state index < -0.39 is 0 Å². The van der Waals surface area contributed by atoms with Crippen LogP contribution in [0, 0.1) is 0 Å². The SMILES string of the molecule is C[C@@H]1c2[nH]c3ccccc3c2CCN1C(=O)c1ccc(N2CCCC2)nn1. The van der Waals surface area contributed by atoms with Crippen LogP contribution >= 0.6 is 0 Å². The standard InChI is InChI=1S/C21H23N5O/c1-14-20-16(15-6-2-3-7-17(15)22-20)10-13-26(14)21(27)18-8-9-19(24-23-18)25-11-4-5-12-25/h2-3,6-9,14,22H,4-5,10-13H2,1H3/t14-/m1/s1. The number of rotatable bonds is 2. The fourth-order valence-electron chi connectivity index (χ4n) is 4.41. The molecule has 6 nitrogen and oxygen atoms in total. The molecule has 1 fully saturated rings. The molecule has 1 atom stereocenters. The van der Waals surface area contributed by atoms with Crippen molar-refractivity contribution in [2.75, 3.05) is 24.5 Å². The van der Waals surface area contributed by atoms with Crippen molar-refractivity contribution in [3.63, 3.8) is 0 Å². The summed E-state index contributed by atoms with van der Waals surface area (Å²) in [5, 5.41) is 9.80. The minimum atomic E-state index is -0.0488. The summed E-state index contributed by atoms with van der Waals surface area (Å²) in [6.07, 6.45) is 3.25. The number of aromatic nitrogens is 3. The number of anilines is 1. The number of amides is 1. The number of nitrogens with one attached hydrogen (secondary N) is 1. The van der Waals surface area contributed by atoms with E-state index in [1.54, 1.807) is 0 Å². The van der Waals surface area contributed by atoms with Crippen molar-refractivity contribution >= 4 is 22.6 Å². The molecule has 0 spiro atoms. The normalized spacial score (nSPS) is 19.5. The van der Waals surface area contributed by atoms with E-state index in [2.05, 4.69) is 45.2 Å². The maximum absolute atomic E-state index is 13.1. The van der Waals surface area contributed by atoms with Crippen LogP contribution in [-0.4, -0.2) is 45.6 Å². The van der Waals surface area contributed by atoms with Crippen LogP contribution in [0.4, 0.5) is 5.82 Å². The zero-order valence-electron chi connectivity index (χ0n) is 15.5. The lowest BCUT2D eigenvalue weighted by Gasteiger charge is -2.33. The molecule has 0 aliphatic carbocycles. The van der Waals surface area contributed by atoms with Gasteiger partial charge in [0.15, 0.2) is 11.5 Å². The van der Waals surface area contributed by atoms with E-state index in [-0.39, 0.29) is 11.9 Å². The number of aromatic amines is 1. The quantitative estimate of drug-likeness (QED) is 0.760. The number of H-pyrrole nitrogens is 1. The van der Waals surface area contributed by atoms with E-state index in [4.69, 9.17) is 0 Å². The Hall–Kier alpha value is -2.89. The number of fused-ring (bicyclic) bond motifs is 3. The summed E-state index contributed by atoms with van der Waals surface area (Å²) < 4.78 is 0. The van der Waals surface area contributed by atoms with Gasteiger partial charge in [-0.2, -0.15) is 0 Å². The van der Waals surface area contributed by atoms with Crippen LogP contribution in [0.3, 0.4) is 0 Å². The first kappa shape index (κ1) is 16.3. The van der Waals surface area contributed by atoms with Crippen molar-refractivity contribution in [2.24, 2.45) is 0 Å². The molecular formula is C21H23N5O. The maximum atomic E-state index is 13.1. The van der Waals surface area contributed by atoms with Crippen molar-refractivity contribution in [3.8, 4) is 0 Å². The van der Waals surface area contributed by atoms with Crippen molar-refractivity contribution in [2.45, 2.75) is 32.2 Å². The summed E-state index contributed by atoms with van der Waals surface area (Å²) >= 11 is 0. The number of hydrogen-bond donors (Lipinski definition) is 1. The lowest BCUT2D eigenvalue weighted by Crippen LogP contribution is -2.39. The third-order valence-corrected chi connectivity index (χ3v) is 5.90. The Morgan fingerprint density at radius 3 is 2.67 bits per heavy atom. The zero-order valence-corrected chi connectivity index (χ0v) is 15.5. The van der Waals surface area contributed by atoms with E-state index >= 15 is 0 Å². The highest BCUT2D eigenvalue weighted by Crippen LogP contribution is 2.34. The molecule has 4 heterocycles. The van der Waals surface area contributed by atoms with Crippen molar-refractivity contribution in [1.82, 2.24) is 20.1 Å². The van der Waals surface area contributed by atoms with Crippen molar-refractivity contribution in [1.29, 1.82) is 0 Å². The second-order valence-electron chi connectivity index (χ2n) is 7.46. The Bertz CT molecular complexity index is 987.